The second-order valence-corrected chi connectivity index (χ2v) is 4.57. The van der Waals surface area contributed by atoms with Gasteiger partial charge in [0.15, 0.2) is 5.82 Å². The Hall–Kier alpha value is -1.97. The zero-order valence-electron chi connectivity index (χ0n) is 10.2. The molecule has 0 radical (unpaired) electrons. The van der Waals surface area contributed by atoms with Crippen LogP contribution >= 0.6 is 0 Å². The van der Waals surface area contributed by atoms with E-state index in [2.05, 4.69) is 22.3 Å². The van der Waals surface area contributed by atoms with Crippen molar-refractivity contribution in [3.8, 4) is 0 Å². The average Bonchev–Trinajstić information content (AvgIpc) is 2.79. The normalized spacial score (nSPS) is 17.1. The Bertz CT molecular complexity index is 589. The molecule has 1 atom stereocenters. The molecule has 92 valence electrons. The van der Waals surface area contributed by atoms with Gasteiger partial charge < -0.3 is 4.52 Å². The molecule has 0 spiro atoms. The number of benzene rings is 1. The van der Waals surface area contributed by atoms with Gasteiger partial charge in [-0.05, 0) is 17.5 Å². The van der Waals surface area contributed by atoms with Crippen LogP contribution in [0.4, 0.5) is 0 Å². The van der Waals surface area contributed by atoms with E-state index in [9.17, 15) is 4.79 Å². The molecule has 0 aliphatic heterocycles. The summed E-state index contributed by atoms with van der Waals surface area (Å²) in [6.45, 7) is 1.84. The van der Waals surface area contributed by atoms with E-state index in [1.54, 1.807) is 0 Å². The minimum Gasteiger partial charge on any atom is -0.339 e. The summed E-state index contributed by atoms with van der Waals surface area (Å²) >= 11 is 0. The van der Waals surface area contributed by atoms with Gasteiger partial charge in [0.2, 0.25) is 5.89 Å². The number of carbonyl (C=O) groups is 1. The van der Waals surface area contributed by atoms with Crippen molar-refractivity contribution in [3.05, 3.63) is 47.1 Å². The number of ketones is 1. The Morgan fingerprint density at radius 1 is 1.44 bits per heavy atom. The van der Waals surface area contributed by atoms with Gasteiger partial charge in [-0.1, -0.05) is 36.3 Å². The zero-order valence-corrected chi connectivity index (χ0v) is 10.2. The monoisotopic (exact) mass is 242 g/mol. The Morgan fingerprint density at radius 2 is 2.28 bits per heavy atom. The summed E-state index contributed by atoms with van der Waals surface area (Å²) in [5, 5.41) is 3.99. The van der Waals surface area contributed by atoms with Gasteiger partial charge >= 0.3 is 0 Å². The van der Waals surface area contributed by atoms with Crippen molar-refractivity contribution in [2.45, 2.75) is 32.1 Å². The molecule has 3 rings (SSSR count). The molecular weight excluding hydrogens is 228 g/mol. The summed E-state index contributed by atoms with van der Waals surface area (Å²) in [6.07, 6.45) is 1.71. The van der Waals surface area contributed by atoms with E-state index in [0.29, 0.717) is 18.1 Å². The van der Waals surface area contributed by atoms with Gasteiger partial charge in [-0.15, -0.1) is 0 Å². The standard InChI is InChI=1S/C14H14N2O2/c1-2-10(17)8-13-15-14(16-18-13)12-7-9-5-3-4-6-11(9)12/h3-6,12H,2,7-8H2,1H3. The molecule has 0 saturated heterocycles. The number of Topliss-reactive ketones (excluding diaryl/α,β-unsaturated/α-hetero) is 1. The van der Waals surface area contributed by atoms with Crippen LogP contribution in [-0.4, -0.2) is 15.9 Å². The Morgan fingerprint density at radius 3 is 3.06 bits per heavy atom. The van der Waals surface area contributed by atoms with Crippen molar-refractivity contribution >= 4 is 5.78 Å². The largest absolute Gasteiger partial charge is 0.339 e. The number of fused-ring (bicyclic) bond motifs is 1. The molecule has 1 aliphatic carbocycles. The van der Waals surface area contributed by atoms with Gasteiger partial charge in [0, 0.05) is 6.42 Å². The van der Waals surface area contributed by atoms with Crippen molar-refractivity contribution in [3.63, 3.8) is 0 Å². The van der Waals surface area contributed by atoms with E-state index < -0.39 is 0 Å². The van der Waals surface area contributed by atoms with Crippen molar-refractivity contribution in [2.24, 2.45) is 0 Å². The maximum atomic E-state index is 11.3. The lowest BCUT2D eigenvalue weighted by atomic mass is 9.77. The second kappa shape index (κ2) is 4.37. The highest BCUT2D eigenvalue weighted by Gasteiger charge is 2.31. The van der Waals surface area contributed by atoms with Crippen LogP contribution in [0.15, 0.2) is 28.8 Å². The van der Waals surface area contributed by atoms with Gasteiger partial charge in [-0.25, -0.2) is 0 Å². The highest BCUT2D eigenvalue weighted by atomic mass is 16.5. The molecule has 4 heteroatoms. The molecule has 0 saturated carbocycles. The molecule has 1 aliphatic rings. The van der Waals surface area contributed by atoms with Crippen LogP contribution in [0.5, 0.6) is 0 Å². The first kappa shape index (κ1) is 11.1. The Kier molecular flexibility index (Phi) is 2.70. The summed E-state index contributed by atoms with van der Waals surface area (Å²) in [4.78, 5) is 15.6. The number of aromatic nitrogens is 2. The third-order valence-electron chi connectivity index (χ3n) is 3.39. The molecule has 18 heavy (non-hydrogen) atoms. The fourth-order valence-electron chi connectivity index (χ4n) is 2.26. The maximum Gasteiger partial charge on any atom is 0.234 e. The van der Waals surface area contributed by atoms with E-state index in [1.807, 2.05) is 19.1 Å². The van der Waals surface area contributed by atoms with Crippen molar-refractivity contribution in [1.82, 2.24) is 10.1 Å². The summed E-state index contributed by atoms with van der Waals surface area (Å²) in [5.41, 5.74) is 2.62. The van der Waals surface area contributed by atoms with Gasteiger partial charge in [-0.2, -0.15) is 4.98 Å². The Labute approximate surface area is 105 Å². The lowest BCUT2D eigenvalue weighted by Crippen LogP contribution is -2.19. The summed E-state index contributed by atoms with van der Waals surface area (Å²) in [5.74, 6) is 1.49. The lowest BCUT2D eigenvalue weighted by Gasteiger charge is -2.27. The molecule has 4 nitrogen and oxygen atoms in total. The fourth-order valence-corrected chi connectivity index (χ4v) is 2.26. The van der Waals surface area contributed by atoms with Crippen molar-refractivity contribution < 1.29 is 9.32 Å². The van der Waals surface area contributed by atoms with Crippen LogP contribution in [0.25, 0.3) is 0 Å². The smallest absolute Gasteiger partial charge is 0.234 e. The van der Waals surface area contributed by atoms with E-state index >= 15 is 0 Å². The molecule has 0 N–H and O–H groups in total. The maximum absolute atomic E-state index is 11.3. The van der Waals surface area contributed by atoms with Crippen LogP contribution in [0.3, 0.4) is 0 Å². The highest BCUT2D eigenvalue weighted by molar-refractivity contribution is 5.79. The van der Waals surface area contributed by atoms with Crippen LogP contribution in [0.1, 0.15) is 42.1 Å². The first-order chi connectivity index (χ1) is 8.78. The van der Waals surface area contributed by atoms with E-state index in [-0.39, 0.29) is 18.1 Å². The lowest BCUT2D eigenvalue weighted by molar-refractivity contribution is -0.118. The molecule has 1 aromatic heterocycles. The summed E-state index contributed by atoms with van der Waals surface area (Å²) < 4.78 is 5.13. The topological polar surface area (TPSA) is 56.0 Å². The summed E-state index contributed by atoms with van der Waals surface area (Å²) in [6, 6.07) is 8.27. The van der Waals surface area contributed by atoms with E-state index in [1.165, 1.54) is 11.1 Å². The SMILES string of the molecule is CCC(=O)Cc1nc(C2Cc3ccccc32)no1. The average molecular weight is 242 g/mol. The van der Waals surface area contributed by atoms with Gasteiger partial charge in [0.1, 0.15) is 5.78 Å². The van der Waals surface area contributed by atoms with E-state index in [0.717, 1.165) is 6.42 Å². The summed E-state index contributed by atoms with van der Waals surface area (Å²) in [7, 11) is 0. The first-order valence-electron chi connectivity index (χ1n) is 6.20. The third kappa shape index (κ3) is 1.83. The minimum absolute atomic E-state index is 0.124. The fraction of sp³-hybridized carbons (Fsp3) is 0.357. The predicted molar refractivity (Wildman–Crippen MR) is 65.3 cm³/mol. The number of carbonyl (C=O) groups excluding carboxylic acids is 1. The predicted octanol–water partition coefficient (Wildman–Crippen LogP) is 2.28. The van der Waals surface area contributed by atoms with Crippen LogP contribution < -0.4 is 0 Å². The van der Waals surface area contributed by atoms with Gasteiger partial charge in [-0.3, -0.25) is 4.79 Å². The molecular formula is C14H14N2O2. The molecule has 1 aromatic carbocycles. The van der Waals surface area contributed by atoms with Gasteiger partial charge in [0.05, 0.1) is 12.3 Å². The van der Waals surface area contributed by atoms with Crippen LogP contribution in [0, 0.1) is 0 Å². The van der Waals surface area contributed by atoms with E-state index in [4.69, 9.17) is 4.52 Å². The number of hydrogen-bond donors (Lipinski definition) is 0. The first-order valence-corrected chi connectivity index (χ1v) is 6.20. The molecule has 0 bridgehead atoms. The van der Waals surface area contributed by atoms with Crippen molar-refractivity contribution in [2.75, 3.05) is 0 Å². The minimum atomic E-state index is 0.124. The van der Waals surface area contributed by atoms with Gasteiger partial charge in [0.25, 0.3) is 0 Å². The third-order valence-corrected chi connectivity index (χ3v) is 3.39. The number of nitrogens with zero attached hydrogens (tertiary/aromatic N) is 2. The molecule has 1 unspecified atom stereocenters. The van der Waals surface area contributed by atoms with Crippen molar-refractivity contribution in [1.29, 1.82) is 0 Å². The Balaban J connectivity index is 1.78. The quantitative estimate of drug-likeness (QED) is 0.825. The second-order valence-electron chi connectivity index (χ2n) is 4.57. The van der Waals surface area contributed by atoms with Crippen LogP contribution in [-0.2, 0) is 17.6 Å². The molecule has 2 aromatic rings. The molecule has 0 amide bonds. The number of rotatable bonds is 4. The molecule has 0 fully saturated rings. The highest BCUT2D eigenvalue weighted by Crippen LogP contribution is 2.38. The molecule has 1 heterocycles. The van der Waals surface area contributed by atoms with Crippen LogP contribution in [0.2, 0.25) is 0 Å². The number of hydrogen-bond acceptors (Lipinski definition) is 4. The zero-order chi connectivity index (χ0) is 12.5.